The number of hydrogen-bond acceptors (Lipinski definition) is 18. The normalized spacial score (nSPS) is 13.4. The van der Waals surface area contributed by atoms with Gasteiger partial charge < -0.3 is 64.4 Å². The van der Waals surface area contributed by atoms with Gasteiger partial charge in [0.1, 0.15) is 0 Å². The summed E-state index contributed by atoms with van der Waals surface area (Å²) in [6, 6.07) is -0.0541. The minimum atomic E-state index is -4.47. The third-order valence-electron chi connectivity index (χ3n) is 12.0. The number of quaternary nitrogens is 1. The summed E-state index contributed by atoms with van der Waals surface area (Å²) in [5.41, 5.74) is -5.35. The molecule has 0 radical (unpaired) electrons. The van der Waals surface area contributed by atoms with Gasteiger partial charge in [0.2, 0.25) is 0 Å². The molecule has 0 aromatic rings. The van der Waals surface area contributed by atoms with E-state index in [1.54, 1.807) is 0 Å². The van der Waals surface area contributed by atoms with E-state index in [1.165, 1.54) is 83.5 Å². The number of nitrogens with one attached hydrogen (secondary N) is 3. The number of unbranched alkanes of at least 4 members (excludes halogenated alkanes) is 15. The van der Waals surface area contributed by atoms with Crippen LogP contribution in [0.25, 0.3) is 0 Å². The van der Waals surface area contributed by atoms with Gasteiger partial charge in [-0.1, -0.05) is 96.8 Å². The Morgan fingerprint density at radius 2 is 0.696 bits per heavy atom. The number of hydrogen-bond donors (Lipinski definition) is 12. The van der Waals surface area contributed by atoms with Crippen LogP contribution in [0.5, 0.6) is 0 Å². The number of aliphatic hydroxyl groups excluding tert-OH is 6. The van der Waals surface area contributed by atoms with E-state index in [9.17, 15) is 69.6 Å². The first-order valence-electron chi connectivity index (χ1n) is 23.9. The monoisotopic (exact) mass is 1110 g/mol. The Labute approximate surface area is 443 Å². The number of aliphatic hydroxyl groups is 6. The molecule has 0 spiro atoms. The SMILES string of the molecule is CCCCCCCCCCCCCCCCCC[N+](C)(C)CCC[Si](OCC(CO)(CO)NCCS(=O)(=O)O)(OCC(CO)(CO)NCCS(=O)(=O)O)OCC(CO)(CO)NCCS(=O)(=O)O.Cl.[NaH]. The van der Waals surface area contributed by atoms with Crippen molar-refractivity contribution in [1.29, 1.82) is 0 Å². The molecule has 0 fully saturated rings. The summed E-state index contributed by atoms with van der Waals surface area (Å²) >= 11 is 0. The molecule has 0 heterocycles. The van der Waals surface area contributed by atoms with Crippen LogP contribution in [-0.2, 0) is 43.6 Å². The van der Waals surface area contributed by atoms with Gasteiger partial charge in [-0.2, -0.15) is 25.3 Å². The average Bonchev–Trinajstić information content (AvgIpc) is 3.26. The third kappa shape index (κ3) is 37.2. The zero-order chi connectivity index (χ0) is 51.0. The second kappa shape index (κ2) is 39.1. The molecule has 0 bridgehead atoms. The molecule has 22 nitrogen and oxygen atoms in total. The molecule has 0 amide bonds. The molecule has 0 saturated carbocycles. The summed E-state index contributed by atoms with van der Waals surface area (Å²) in [4.78, 5) is 0. The average molecular weight is 1110 g/mol. The Balaban J connectivity index is -0.0000218. The van der Waals surface area contributed by atoms with E-state index >= 15 is 0 Å². The number of nitrogens with zero attached hydrogens (tertiary/aromatic N) is 1. The molecule has 12 N–H and O–H groups in total. The third-order valence-corrected chi connectivity index (χ3v) is 16.8. The van der Waals surface area contributed by atoms with Crippen LogP contribution in [0.2, 0.25) is 6.04 Å². The second-order valence-electron chi connectivity index (χ2n) is 18.8. The van der Waals surface area contributed by atoms with Gasteiger partial charge >= 0.3 is 38.4 Å². The van der Waals surface area contributed by atoms with Gasteiger partial charge in [-0.05, 0) is 12.8 Å². The molecular formula is C41H93ClN4NaO18S3Si+. The van der Waals surface area contributed by atoms with E-state index in [-0.39, 0.29) is 48.0 Å². The Hall–Kier alpha value is 0.717. The predicted molar refractivity (Wildman–Crippen MR) is 273 cm³/mol. The summed E-state index contributed by atoms with van der Waals surface area (Å²) in [6.07, 6.45) is 20.2. The van der Waals surface area contributed by atoms with Crippen molar-refractivity contribution in [2.45, 2.75) is 139 Å². The van der Waals surface area contributed by atoms with E-state index < -0.39 is 152 Å². The first-order chi connectivity index (χ1) is 31.4. The van der Waals surface area contributed by atoms with Crippen molar-refractivity contribution in [2.75, 3.05) is 124 Å². The Kier molecular flexibility index (Phi) is 42.0. The van der Waals surface area contributed by atoms with E-state index in [1.807, 2.05) is 14.1 Å². The zero-order valence-electron chi connectivity index (χ0n) is 41.0. The minimum absolute atomic E-state index is 0. The van der Waals surface area contributed by atoms with Crippen LogP contribution in [-0.4, -0.2) is 253 Å². The Morgan fingerprint density at radius 3 is 0.942 bits per heavy atom. The van der Waals surface area contributed by atoms with Crippen molar-refractivity contribution in [3.05, 3.63) is 0 Å². The van der Waals surface area contributed by atoms with Gasteiger partial charge in [-0.3, -0.25) is 13.7 Å². The van der Waals surface area contributed by atoms with Gasteiger partial charge in [0.05, 0.1) is 121 Å². The maximum absolute atomic E-state index is 11.5. The molecule has 0 aromatic carbocycles. The fourth-order valence-electron chi connectivity index (χ4n) is 7.26. The van der Waals surface area contributed by atoms with Crippen LogP contribution in [0.3, 0.4) is 0 Å². The van der Waals surface area contributed by atoms with Gasteiger partial charge in [0.15, 0.2) is 0 Å². The zero-order valence-corrected chi connectivity index (χ0v) is 45.3. The van der Waals surface area contributed by atoms with Gasteiger partial charge in [-0.25, -0.2) is 0 Å². The van der Waals surface area contributed by atoms with Crippen molar-refractivity contribution >= 4 is 81.1 Å². The molecule has 69 heavy (non-hydrogen) atoms. The van der Waals surface area contributed by atoms with Crippen molar-refractivity contribution in [1.82, 2.24) is 16.0 Å². The molecule has 414 valence electrons. The van der Waals surface area contributed by atoms with Crippen LogP contribution in [0.1, 0.15) is 116 Å². The standard InChI is InChI=1S/C41H90N4O18S3Si.ClH.Na.H/c1-4-5-6-7-8-9-10-11-12-13-14-15-16-17-18-19-24-45(2,3)25-20-29-67(61-36-39(30-46,31-47)42-21-26-64(52,53)54,62-37-40(32-48,33-49)43-22-27-65(55,56)57)63-38-41(34-50,35-51)44-23-28-66(58,59)60;;;/h42-44,46-51H,4-38H2,1-3H3,(H2-,52,53,54,55,56,57,58,59,60);1H;;/p+1. The molecule has 0 atom stereocenters. The molecule has 0 unspecified atom stereocenters. The van der Waals surface area contributed by atoms with E-state index in [4.69, 9.17) is 13.3 Å². The number of halogens is 1. The Morgan fingerprint density at radius 1 is 0.449 bits per heavy atom. The summed E-state index contributed by atoms with van der Waals surface area (Å²) in [6.45, 7) is -4.74. The van der Waals surface area contributed by atoms with Gasteiger partial charge in [0, 0.05) is 32.1 Å². The van der Waals surface area contributed by atoms with Crippen LogP contribution < -0.4 is 16.0 Å². The van der Waals surface area contributed by atoms with Gasteiger partial charge in [0.25, 0.3) is 30.4 Å². The van der Waals surface area contributed by atoms with Crippen molar-refractivity contribution < 1.29 is 87.3 Å². The molecule has 0 aliphatic heterocycles. The fourth-order valence-corrected chi connectivity index (χ4v) is 11.1. The number of rotatable bonds is 48. The topological polar surface area (TPSA) is 348 Å². The molecular weight excluding hydrogens is 1020 g/mol. The van der Waals surface area contributed by atoms with E-state index in [0.29, 0.717) is 17.4 Å². The quantitative estimate of drug-likeness (QED) is 0.0166. The fraction of sp³-hybridized carbons (Fsp3) is 1.00. The molecule has 28 heteroatoms. The first kappa shape index (κ1) is 74.0. The molecule has 0 rings (SSSR count). The first-order valence-corrected chi connectivity index (χ1v) is 30.6. The summed E-state index contributed by atoms with van der Waals surface area (Å²) < 4.78 is 117. The summed E-state index contributed by atoms with van der Waals surface area (Å²) in [5, 5.41) is 70.7. The van der Waals surface area contributed by atoms with Crippen LogP contribution in [0, 0.1) is 0 Å². The molecule has 0 aliphatic carbocycles. The Bertz CT molecular complexity index is 1460. The van der Waals surface area contributed by atoms with E-state index in [2.05, 4.69) is 22.9 Å². The van der Waals surface area contributed by atoms with E-state index in [0.717, 1.165) is 25.8 Å². The van der Waals surface area contributed by atoms with Crippen molar-refractivity contribution in [3.8, 4) is 0 Å². The van der Waals surface area contributed by atoms with Crippen molar-refractivity contribution in [2.24, 2.45) is 0 Å². The van der Waals surface area contributed by atoms with Crippen LogP contribution in [0.4, 0.5) is 0 Å². The van der Waals surface area contributed by atoms with Crippen LogP contribution in [0.15, 0.2) is 0 Å². The van der Waals surface area contributed by atoms with Gasteiger partial charge in [-0.15, -0.1) is 12.4 Å². The molecule has 0 aromatic heterocycles. The predicted octanol–water partition coefficient (Wildman–Crippen LogP) is 0.0788. The summed E-state index contributed by atoms with van der Waals surface area (Å²) in [5.74, 6) is -2.40. The van der Waals surface area contributed by atoms with Crippen molar-refractivity contribution in [3.63, 3.8) is 0 Å². The maximum atomic E-state index is 11.5. The summed E-state index contributed by atoms with van der Waals surface area (Å²) in [7, 11) is -13.8. The molecule has 0 saturated heterocycles. The molecule has 0 aliphatic rings. The van der Waals surface area contributed by atoms with Crippen LogP contribution >= 0.6 is 12.4 Å². The second-order valence-corrected chi connectivity index (χ2v) is 26.2.